The van der Waals surface area contributed by atoms with Gasteiger partial charge in [-0.3, -0.25) is 9.59 Å². The van der Waals surface area contributed by atoms with Gasteiger partial charge in [0.15, 0.2) is 0 Å². The van der Waals surface area contributed by atoms with Crippen LogP contribution in [-0.2, 0) is 16.1 Å². The summed E-state index contributed by atoms with van der Waals surface area (Å²) in [6.45, 7) is 1.39. The van der Waals surface area contributed by atoms with Gasteiger partial charge in [-0.2, -0.15) is 0 Å². The summed E-state index contributed by atoms with van der Waals surface area (Å²) in [4.78, 5) is 25.7. The van der Waals surface area contributed by atoms with Gasteiger partial charge in [0.25, 0.3) is 0 Å². The third-order valence-corrected chi connectivity index (χ3v) is 6.52. The van der Waals surface area contributed by atoms with E-state index in [1.165, 1.54) is 7.11 Å². The highest BCUT2D eigenvalue weighted by Gasteiger charge is 2.59. The molecule has 7 nitrogen and oxygen atoms in total. The fourth-order valence-corrected chi connectivity index (χ4v) is 5.50. The number of fused-ring (bicyclic) bond motifs is 2. The first-order valence-corrected chi connectivity index (χ1v) is 9.58. The number of nitrogens with two attached hydrogens (primary N) is 1. The lowest BCUT2D eigenvalue weighted by molar-refractivity contribution is -0.143. The smallest absolute Gasteiger partial charge is 0.248 e. The molecule has 4 N–H and O–H groups in total. The molecule has 4 unspecified atom stereocenters. The van der Waals surface area contributed by atoms with Gasteiger partial charge < -0.3 is 25.8 Å². The van der Waals surface area contributed by atoms with Gasteiger partial charge in [-0.05, 0) is 42.4 Å². The van der Waals surface area contributed by atoms with Gasteiger partial charge in [0.2, 0.25) is 11.8 Å². The lowest BCUT2D eigenvalue weighted by Gasteiger charge is -2.45. The quantitative estimate of drug-likeness (QED) is 0.657. The van der Waals surface area contributed by atoms with Crippen LogP contribution in [0.1, 0.15) is 28.8 Å². The zero-order valence-electron chi connectivity index (χ0n) is 15.5. The summed E-state index contributed by atoms with van der Waals surface area (Å²) in [7, 11) is 1.52. The number of carbonyl (C=O) groups excluding carboxylic acids is 2. The van der Waals surface area contributed by atoms with E-state index in [1.807, 2.05) is 17.0 Å². The molecule has 0 radical (unpaired) electrons. The second-order valence-corrected chi connectivity index (χ2v) is 8.10. The van der Waals surface area contributed by atoms with Crippen LogP contribution in [0.15, 0.2) is 24.3 Å². The molecule has 7 heteroatoms. The minimum atomic E-state index is -0.502. The van der Waals surface area contributed by atoms with Crippen molar-refractivity contribution in [2.45, 2.75) is 37.6 Å². The van der Waals surface area contributed by atoms with Gasteiger partial charge >= 0.3 is 0 Å². The van der Waals surface area contributed by atoms with Crippen molar-refractivity contribution in [3.8, 4) is 0 Å². The third-order valence-electron chi connectivity index (χ3n) is 6.52. The molecule has 3 fully saturated rings. The van der Waals surface area contributed by atoms with Crippen molar-refractivity contribution in [3.05, 3.63) is 35.4 Å². The summed E-state index contributed by atoms with van der Waals surface area (Å²) in [5, 5.41) is 14.5. The number of piperidine rings is 1. The number of methoxy groups -OCH3 is 1. The lowest BCUT2D eigenvalue weighted by Crippen LogP contribution is -2.56. The van der Waals surface area contributed by atoms with E-state index in [-0.39, 0.29) is 36.4 Å². The molecule has 0 aromatic heterocycles. The average molecular weight is 373 g/mol. The van der Waals surface area contributed by atoms with E-state index in [0.29, 0.717) is 18.0 Å². The lowest BCUT2D eigenvalue weighted by atomic mass is 9.74. The van der Waals surface area contributed by atoms with Crippen LogP contribution in [0.3, 0.4) is 0 Å². The Labute approximate surface area is 158 Å². The van der Waals surface area contributed by atoms with Crippen molar-refractivity contribution in [2.24, 2.45) is 23.5 Å². The van der Waals surface area contributed by atoms with Crippen LogP contribution < -0.4 is 11.1 Å². The first-order valence-electron chi connectivity index (χ1n) is 9.58. The van der Waals surface area contributed by atoms with E-state index < -0.39 is 12.0 Å². The van der Waals surface area contributed by atoms with Crippen molar-refractivity contribution < 1.29 is 19.4 Å². The number of nitrogens with zero attached hydrogens (tertiary/aromatic N) is 1. The number of nitrogens with one attached hydrogen (secondary N) is 1. The summed E-state index contributed by atoms with van der Waals surface area (Å²) in [6.07, 6.45) is 1.47. The SMILES string of the molecule is COCC(=O)N1CC2CC3C(NCc4cccc(C(N)=O)c4)[C@@H](C2)[C@H](O)C31. The van der Waals surface area contributed by atoms with Crippen LogP contribution in [0, 0.1) is 17.8 Å². The number of rotatable bonds is 6. The fraction of sp³-hybridized carbons (Fsp3) is 0.600. The number of aliphatic hydroxyl groups is 1. The standard InChI is InChI=1S/C20H27N3O4/c1-27-10-16(24)23-9-12-6-14-17(15(7-12)19(25)18(14)23)22-8-11-3-2-4-13(5-11)20(21)26/h2-5,12,14-15,17-19,22,25H,6-10H2,1H3,(H2,21,26)/t12?,14?,15-,17?,18?,19+/m1/s1. The summed E-state index contributed by atoms with van der Waals surface area (Å²) < 4.78 is 5.03. The number of hydrogen-bond donors (Lipinski definition) is 3. The predicted octanol–water partition coefficient (Wildman–Crippen LogP) is 0.118. The Balaban J connectivity index is 1.49. The second-order valence-electron chi connectivity index (χ2n) is 8.10. The molecule has 2 aliphatic carbocycles. The second kappa shape index (κ2) is 7.22. The molecule has 1 saturated heterocycles. The zero-order chi connectivity index (χ0) is 19.1. The van der Waals surface area contributed by atoms with Crippen LogP contribution in [0.25, 0.3) is 0 Å². The molecule has 1 aliphatic heterocycles. The Kier molecular flexibility index (Phi) is 4.92. The normalized spacial score (nSPS) is 34.1. The number of benzene rings is 1. The maximum atomic E-state index is 12.5. The third kappa shape index (κ3) is 3.24. The Morgan fingerprint density at radius 3 is 2.85 bits per heavy atom. The number of aliphatic hydroxyl groups excluding tert-OH is 1. The van der Waals surface area contributed by atoms with E-state index in [2.05, 4.69) is 5.32 Å². The van der Waals surface area contributed by atoms with E-state index in [9.17, 15) is 14.7 Å². The molecule has 6 atom stereocenters. The molecule has 3 bridgehead atoms. The maximum Gasteiger partial charge on any atom is 0.248 e. The minimum Gasteiger partial charge on any atom is -0.391 e. The molecule has 3 aliphatic rings. The van der Waals surface area contributed by atoms with Crippen LogP contribution in [0.2, 0.25) is 0 Å². The molecular formula is C20H27N3O4. The van der Waals surface area contributed by atoms with Crippen LogP contribution in [0.4, 0.5) is 0 Å². The zero-order valence-corrected chi connectivity index (χ0v) is 15.5. The Morgan fingerprint density at radius 1 is 1.33 bits per heavy atom. The highest BCUT2D eigenvalue weighted by atomic mass is 16.5. The van der Waals surface area contributed by atoms with Crippen LogP contribution in [-0.4, -0.2) is 60.3 Å². The van der Waals surface area contributed by atoms with E-state index in [4.69, 9.17) is 10.5 Å². The number of amides is 2. The largest absolute Gasteiger partial charge is 0.391 e. The maximum absolute atomic E-state index is 12.5. The van der Waals surface area contributed by atoms with Gasteiger partial charge in [-0.1, -0.05) is 12.1 Å². The monoisotopic (exact) mass is 373 g/mol. The molecule has 146 valence electrons. The number of likely N-dealkylation sites (tertiary alicyclic amines) is 1. The number of carbonyl (C=O) groups is 2. The molecular weight excluding hydrogens is 346 g/mol. The van der Waals surface area contributed by atoms with Crippen molar-refractivity contribution in [1.82, 2.24) is 10.2 Å². The van der Waals surface area contributed by atoms with Crippen LogP contribution in [0.5, 0.6) is 0 Å². The first kappa shape index (κ1) is 18.4. The van der Waals surface area contributed by atoms with Crippen LogP contribution >= 0.6 is 0 Å². The van der Waals surface area contributed by atoms with Crippen molar-refractivity contribution in [3.63, 3.8) is 0 Å². The molecule has 1 heterocycles. The molecule has 2 amide bonds. The van der Waals surface area contributed by atoms with E-state index in [0.717, 1.165) is 24.9 Å². The van der Waals surface area contributed by atoms with Gasteiger partial charge in [-0.25, -0.2) is 0 Å². The fourth-order valence-electron chi connectivity index (χ4n) is 5.50. The summed E-state index contributed by atoms with van der Waals surface area (Å²) in [5.74, 6) is 0.378. The van der Waals surface area contributed by atoms with Crippen molar-refractivity contribution >= 4 is 11.8 Å². The van der Waals surface area contributed by atoms with Crippen molar-refractivity contribution in [2.75, 3.05) is 20.3 Å². The average Bonchev–Trinajstić information content (AvgIpc) is 2.76. The first-order chi connectivity index (χ1) is 13.0. The Morgan fingerprint density at radius 2 is 2.11 bits per heavy atom. The molecule has 27 heavy (non-hydrogen) atoms. The molecule has 2 saturated carbocycles. The van der Waals surface area contributed by atoms with Gasteiger partial charge in [-0.15, -0.1) is 0 Å². The summed E-state index contributed by atoms with van der Waals surface area (Å²) in [5.41, 5.74) is 6.85. The summed E-state index contributed by atoms with van der Waals surface area (Å²) in [6, 6.07) is 7.33. The van der Waals surface area contributed by atoms with Gasteiger partial charge in [0.1, 0.15) is 6.61 Å². The van der Waals surface area contributed by atoms with E-state index in [1.54, 1.807) is 12.1 Å². The highest BCUT2D eigenvalue weighted by Crippen LogP contribution is 2.51. The molecule has 0 spiro atoms. The number of hydrogen-bond acceptors (Lipinski definition) is 5. The molecule has 4 rings (SSSR count). The van der Waals surface area contributed by atoms with Gasteiger partial charge in [0, 0.05) is 37.7 Å². The van der Waals surface area contributed by atoms with Gasteiger partial charge in [0.05, 0.1) is 12.1 Å². The highest BCUT2D eigenvalue weighted by molar-refractivity contribution is 5.92. The number of ether oxygens (including phenoxy) is 1. The topological polar surface area (TPSA) is 105 Å². The Hall–Kier alpha value is -1.96. The van der Waals surface area contributed by atoms with Crippen molar-refractivity contribution in [1.29, 1.82) is 0 Å². The molecule has 1 aromatic rings. The predicted molar refractivity (Wildman–Crippen MR) is 98.7 cm³/mol. The summed E-state index contributed by atoms with van der Waals surface area (Å²) >= 11 is 0. The van der Waals surface area contributed by atoms with E-state index >= 15 is 0 Å². The Bertz CT molecular complexity index is 740. The minimum absolute atomic E-state index is 0.0355. The molecule has 1 aromatic carbocycles. The number of primary amides is 1.